The van der Waals surface area contributed by atoms with Crippen molar-refractivity contribution in [3.63, 3.8) is 0 Å². The van der Waals surface area contributed by atoms with Gasteiger partial charge in [0.2, 0.25) is 0 Å². The summed E-state index contributed by atoms with van der Waals surface area (Å²) in [5.74, 6) is -0.231. The summed E-state index contributed by atoms with van der Waals surface area (Å²) in [6.07, 6.45) is 2.95. The maximum absolute atomic E-state index is 10.9. The van der Waals surface area contributed by atoms with Crippen LogP contribution in [0.2, 0.25) is 0 Å². The highest BCUT2D eigenvalue weighted by molar-refractivity contribution is 14.1. The lowest BCUT2D eigenvalue weighted by atomic mass is 10.1. The molecule has 16 heavy (non-hydrogen) atoms. The Labute approximate surface area is 120 Å². The first-order chi connectivity index (χ1) is 7.69. The lowest BCUT2D eigenvalue weighted by molar-refractivity contribution is -0.140. The average molecular weight is 378 g/mol. The Morgan fingerprint density at radius 2 is 2.12 bits per heavy atom. The average Bonchev–Trinajstić information content (AvgIpc) is 2.32. The number of hydrogen-bond donors (Lipinski definition) is 2. The second-order valence-electron chi connectivity index (χ2n) is 3.00. The summed E-state index contributed by atoms with van der Waals surface area (Å²) in [5.41, 5.74) is 0. The first kappa shape index (κ1) is 16.6. The van der Waals surface area contributed by atoms with Crippen LogP contribution in [-0.2, 0) is 17.9 Å². The Morgan fingerprint density at radius 3 is 2.56 bits per heavy atom. The Kier molecular flexibility index (Phi) is 11.1. The number of hydrogen-bond acceptors (Lipinski definition) is 6. The fourth-order valence-electron chi connectivity index (χ4n) is 1.13. The van der Waals surface area contributed by atoms with E-state index in [9.17, 15) is 4.79 Å². The molecular formula is C9H15IO4S2. The number of rotatable bonds is 8. The molecule has 0 fully saturated rings. The van der Waals surface area contributed by atoms with Gasteiger partial charge in [0.15, 0.2) is 0 Å². The molecule has 0 bridgehead atoms. The molecule has 0 amide bonds. The third-order valence-corrected chi connectivity index (χ3v) is 2.91. The molecule has 0 heterocycles. The minimum atomic E-state index is -0.282. The predicted octanol–water partition coefficient (Wildman–Crippen LogP) is 2.74. The molecule has 0 spiro atoms. The maximum Gasteiger partial charge on any atom is 0.305 e. The van der Waals surface area contributed by atoms with Crippen LogP contribution < -0.4 is 0 Å². The van der Waals surface area contributed by atoms with Gasteiger partial charge in [-0.05, 0) is 48.8 Å². The summed E-state index contributed by atoms with van der Waals surface area (Å²) >= 11 is 9.63. The number of ether oxygens (including phenoxy) is 1. The molecule has 0 aromatic carbocycles. The van der Waals surface area contributed by atoms with Crippen molar-refractivity contribution in [2.24, 2.45) is 0 Å². The molecule has 0 saturated carbocycles. The van der Waals surface area contributed by atoms with Crippen molar-refractivity contribution in [3.8, 4) is 0 Å². The molecule has 0 aliphatic carbocycles. The van der Waals surface area contributed by atoms with Crippen molar-refractivity contribution >= 4 is 54.4 Å². The Morgan fingerprint density at radius 1 is 1.44 bits per heavy atom. The van der Waals surface area contributed by atoms with Gasteiger partial charge in [-0.1, -0.05) is 22.6 Å². The van der Waals surface area contributed by atoms with Gasteiger partial charge >= 0.3 is 5.97 Å². The molecule has 7 heteroatoms. The van der Waals surface area contributed by atoms with Crippen molar-refractivity contribution in [1.29, 1.82) is 0 Å². The van der Waals surface area contributed by atoms with E-state index in [1.165, 1.54) is 7.11 Å². The smallest absolute Gasteiger partial charge is 0.305 e. The zero-order valence-corrected chi connectivity index (χ0v) is 12.8. The summed E-state index contributed by atoms with van der Waals surface area (Å²) in [7, 11) is 1.37. The number of carbonyl (C=O) groups is 1. The molecule has 0 aliphatic heterocycles. The predicted molar refractivity (Wildman–Crippen MR) is 76.7 cm³/mol. The van der Waals surface area contributed by atoms with Gasteiger partial charge in [0, 0.05) is 6.42 Å². The highest BCUT2D eigenvalue weighted by Crippen LogP contribution is 2.16. The molecule has 0 aliphatic rings. The van der Waals surface area contributed by atoms with Crippen molar-refractivity contribution in [3.05, 3.63) is 10.2 Å². The quantitative estimate of drug-likeness (QED) is 0.295. The molecule has 0 unspecified atom stereocenters. The van der Waals surface area contributed by atoms with Gasteiger partial charge in [-0.25, -0.2) is 0 Å². The minimum absolute atomic E-state index is 0.231. The lowest BCUT2D eigenvalue weighted by Crippen LogP contribution is -2.25. The van der Waals surface area contributed by atoms with E-state index in [1.807, 2.05) is 10.2 Å². The van der Waals surface area contributed by atoms with Crippen LogP contribution in [0.3, 0.4) is 0 Å². The van der Waals surface area contributed by atoms with Crippen LogP contribution in [0.25, 0.3) is 0 Å². The third-order valence-electron chi connectivity index (χ3n) is 1.98. The summed E-state index contributed by atoms with van der Waals surface area (Å²) in [6.45, 7) is 0. The zero-order valence-electron chi connectivity index (χ0n) is 8.84. The number of esters is 1. The molecule has 0 N–H and O–H groups in total. The Balaban J connectivity index is 4.02. The monoisotopic (exact) mass is 378 g/mol. The van der Waals surface area contributed by atoms with Gasteiger partial charge in [-0.3, -0.25) is 4.79 Å². The van der Waals surface area contributed by atoms with Crippen molar-refractivity contribution < 1.29 is 17.9 Å². The zero-order chi connectivity index (χ0) is 12.4. The van der Waals surface area contributed by atoms with Crippen LogP contribution >= 0.6 is 48.4 Å². The number of thiol groups is 2. The summed E-state index contributed by atoms with van der Waals surface area (Å²) < 4.78 is 16.3. The van der Waals surface area contributed by atoms with Crippen LogP contribution in [0.4, 0.5) is 0 Å². The van der Waals surface area contributed by atoms with E-state index in [0.717, 1.165) is 0 Å². The maximum atomic E-state index is 10.9. The molecule has 94 valence electrons. The molecule has 0 rings (SSSR count). The van der Waals surface area contributed by atoms with Gasteiger partial charge < -0.3 is 13.1 Å². The third kappa shape index (κ3) is 7.00. The first-order valence-electron chi connectivity index (χ1n) is 4.63. The van der Waals surface area contributed by atoms with Gasteiger partial charge in [0.25, 0.3) is 0 Å². The second-order valence-corrected chi connectivity index (χ2v) is 4.14. The molecule has 0 radical (unpaired) electrons. The SMILES string of the molecule is COC(=O)CCC[C@H](OS)[C@@H](/C=C/I)OS. The van der Waals surface area contributed by atoms with E-state index in [0.29, 0.717) is 19.3 Å². The Hall–Kier alpha value is 0.560. The fourth-order valence-corrected chi connectivity index (χ4v) is 1.97. The fraction of sp³-hybridized carbons (Fsp3) is 0.667. The van der Waals surface area contributed by atoms with Crippen LogP contribution in [-0.4, -0.2) is 25.3 Å². The second kappa shape index (κ2) is 10.7. The number of halogens is 1. The highest BCUT2D eigenvalue weighted by Gasteiger charge is 2.19. The van der Waals surface area contributed by atoms with Crippen LogP contribution in [0, 0.1) is 0 Å². The standard InChI is InChI=1S/C9H15IO4S2/c1-12-9(11)4-2-3-7(13-15)8(14-16)5-6-10/h5-8,15-16H,2-4H2,1H3/b6-5+/t7-,8+/m0/s1. The number of carbonyl (C=O) groups excluding carboxylic acids is 1. The van der Waals surface area contributed by atoms with E-state index in [4.69, 9.17) is 8.37 Å². The number of methoxy groups -OCH3 is 1. The van der Waals surface area contributed by atoms with E-state index in [1.54, 1.807) is 0 Å². The first-order valence-corrected chi connectivity index (χ1v) is 6.61. The molecular weight excluding hydrogens is 363 g/mol. The topological polar surface area (TPSA) is 44.8 Å². The molecule has 0 saturated heterocycles. The normalized spacial score (nSPS) is 15.0. The Bertz CT molecular complexity index is 226. The molecule has 0 aromatic heterocycles. The summed E-state index contributed by atoms with van der Waals surface area (Å²) in [4.78, 5) is 10.9. The summed E-state index contributed by atoms with van der Waals surface area (Å²) in [6, 6.07) is 0. The van der Waals surface area contributed by atoms with Gasteiger partial charge in [0.1, 0.15) is 12.2 Å². The van der Waals surface area contributed by atoms with Crippen LogP contribution in [0.1, 0.15) is 19.3 Å². The molecule has 4 nitrogen and oxygen atoms in total. The molecule has 0 aromatic rings. The largest absolute Gasteiger partial charge is 0.469 e. The van der Waals surface area contributed by atoms with Crippen molar-refractivity contribution in [2.45, 2.75) is 31.5 Å². The van der Waals surface area contributed by atoms with Crippen molar-refractivity contribution in [1.82, 2.24) is 0 Å². The van der Waals surface area contributed by atoms with Gasteiger partial charge in [-0.15, -0.1) is 0 Å². The van der Waals surface area contributed by atoms with Crippen LogP contribution in [0.15, 0.2) is 10.2 Å². The lowest BCUT2D eigenvalue weighted by Gasteiger charge is -2.19. The minimum Gasteiger partial charge on any atom is -0.469 e. The van der Waals surface area contributed by atoms with E-state index >= 15 is 0 Å². The summed E-state index contributed by atoms with van der Waals surface area (Å²) in [5, 5.41) is 0. The van der Waals surface area contributed by atoms with Gasteiger partial charge in [0.05, 0.1) is 7.11 Å². The highest BCUT2D eigenvalue weighted by atomic mass is 127. The van der Waals surface area contributed by atoms with Gasteiger partial charge in [-0.2, -0.15) is 0 Å². The molecule has 2 atom stereocenters. The van der Waals surface area contributed by atoms with Crippen molar-refractivity contribution in [2.75, 3.05) is 7.11 Å². The van der Waals surface area contributed by atoms with E-state index in [2.05, 4.69) is 53.1 Å². The van der Waals surface area contributed by atoms with E-state index in [-0.39, 0.29) is 18.2 Å². The van der Waals surface area contributed by atoms with E-state index < -0.39 is 0 Å². The van der Waals surface area contributed by atoms with Crippen LogP contribution in [0.5, 0.6) is 0 Å².